The van der Waals surface area contributed by atoms with E-state index in [1.165, 1.54) is 0 Å². The van der Waals surface area contributed by atoms with Gasteiger partial charge in [-0.3, -0.25) is 9.59 Å². The highest BCUT2D eigenvalue weighted by molar-refractivity contribution is 5.78. The van der Waals surface area contributed by atoms with Gasteiger partial charge >= 0.3 is 11.9 Å². The Balaban J connectivity index is 3.18. The molecule has 1 aromatic carbocycles. The van der Waals surface area contributed by atoms with Gasteiger partial charge in [0.15, 0.2) is 0 Å². The zero-order valence-electron chi connectivity index (χ0n) is 22.7. The number of hydrogen-bond donors (Lipinski definition) is 1. The summed E-state index contributed by atoms with van der Waals surface area (Å²) in [6, 6.07) is 9.64. The van der Waals surface area contributed by atoms with E-state index in [1.807, 2.05) is 71.9 Å². The van der Waals surface area contributed by atoms with E-state index in [-0.39, 0.29) is 25.2 Å². The zero-order valence-corrected chi connectivity index (χ0v) is 22.7. The van der Waals surface area contributed by atoms with Gasteiger partial charge in [-0.2, -0.15) is 0 Å². The van der Waals surface area contributed by atoms with Crippen LogP contribution in [0.25, 0.3) is 0 Å². The molecule has 0 bridgehead atoms. The summed E-state index contributed by atoms with van der Waals surface area (Å²) in [5.41, 5.74) is -2.05. The van der Waals surface area contributed by atoms with Crippen LogP contribution in [0.5, 0.6) is 0 Å². The molecule has 0 spiro atoms. The monoisotopic (exact) mass is 462 g/mol. The predicted molar refractivity (Wildman–Crippen MR) is 132 cm³/mol. The van der Waals surface area contributed by atoms with Crippen molar-refractivity contribution in [2.45, 2.75) is 95.3 Å². The van der Waals surface area contributed by atoms with Crippen LogP contribution in [0.1, 0.15) is 88.1 Å². The number of hydrogen-bond acceptors (Lipinski definition) is 5. The van der Waals surface area contributed by atoms with Crippen molar-refractivity contribution >= 4 is 11.9 Å². The maximum atomic E-state index is 13.3. The van der Waals surface area contributed by atoms with Crippen LogP contribution < -0.4 is 0 Å². The second-order valence-electron chi connectivity index (χ2n) is 12.4. The summed E-state index contributed by atoms with van der Waals surface area (Å²) in [4.78, 5) is 26.5. The largest absolute Gasteiger partial charge is 0.463 e. The van der Waals surface area contributed by atoms with Crippen molar-refractivity contribution in [3.05, 3.63) is 35.9 Å². The summed E-state index contributed by atoms with van der Waals surface area (Å²) in [7, 11) is 0. The van der Waals surface area contributed by atoms with Crippen molar-refractivity contribution in [3.8, 4) is 0 Å². The standard InChI is InChI=1S/C28H46O5/c1-20(29)17-32-23(31)28(11,24(2,3)4)19-25(5,6)27(9,10)26(7,8)22(30)33-18-21-15-13-12-14-16-21/h12-16,20,29H,17-19H2,1-11H3. The third-order valence-corrected chi connectivity index (χ3v) is 8.33. The van der Waals surface area contributed by atoms with E-state index in [0.717, 1.165) is 5.56 Å². The molecule has 188 valence electrons. The Morgan fingerprint density at radius 2 is 1.36 bits per heavy atom. The van der Waals surface area contributed by atoms with Gasteiger partial charge in [0.1, 0.15) is 13.2 Å². The predicted octanol–water partition coefficient (Wildman–Crippen LogP) is 6.17. The SMILES string of the molecule is CC(O)COC(=O)C(C)(CC(C)(C)C(C)(C)C(C)(C)C(=O)OCc1ccccc1)C(C)(C)C. The first-order chi connectivity index (χ1) is 14.8. The lowest BCUT2D eigenvalue weighted by atomic mass is 9.49. The van der Waals surface area contributed by atoms with E-state index in [1.54, 1.807) is 6.92 Å². The van der Waals surface area contributed by atoms with Crippen molar-refractivity contribution in [3.63, 3.8) is 0 Å². The third kappa shape index (κ3) is 6.38. The van der Waals surface area contributed by atoms with Crippen molar-refractivity contribution in [2.75, 3.05) is 6.61 Å². The Morgan fingerprint density at radius 3 is 1.82 bits per heavy atom. The molecule has 0 heterocycles. The van der Waals surface area contributed by atoms with Crippen LogP contribution in [-0.4, -0.2) is 29.8 Å². The van der Waals surface area contributed by atoms with E-state index in [2.05, 4.69) is 27.7 Å². The minimum atomic E-state index is -0.827. The minimum Gasteiger partial charge on any atom is -0.463 e. The van der Waals surface area contributed by atoms with Crippen LogP contribution in [0, 0.1) is 27.1 Å². The Labute approximate surface area is 201 Å². The highest BCUT2D eigenvalue weighted by Gasteiger charge is 2.57. The van der Waals surface area contributed by atoms with Gasteiger partial charge in [-0.1, -0.05) is 78.8 Å². The number of carbonyl (C=O) groups is 2. The number of rotatable bonds is 10. The van der Waals surface area contributed by atoms with Crippen LogP contribution in [0.2, 0.25) is 0 Å². The molecule has 1 aromatic rings. The van der Waals surface area contributed by atoms with Gasteiger partial charge < -0.3 is 14.6 Å². The molecular formula is C28H46O5. The second-order valence-corrected chi connectivity index (χ2v) is 12.4. The van der Waals surface area contributed by atoms with E-state index in [9.17, 15) is 14.7 Å². The Hall–Kier alpha value is -1.88. The fourth-order valence-electron chi connectivity index (χ4n) is 4.11. The van der Waals surface area contributed by atoms with Gasteiger partial charge in [0.25, 0.3) is 0 Å². The van der Waals surface area contributed by atoms with Gasteiger partial charge in [-0.05, 0) is 55.9 Å². The molecule has 0 amide bonds. The third-order valence-electron chi connectivity index (χ3n) is 8.33. The molecule has 0 aliphatic heterocycles. The summed E-state index contributed by atoms with van der Waals surface area (Å²) in [6.07, 6.45) is -0.217. The van der Waals surface area contributed by atoms with Gasteiger partial charge in [-0.25, -0.2) is 0 Å². The van der Waals surface area contributed by atoms with E-state index in [4.69, 9.17) is 9.47 Å². The molecule has 5 heteroatoms. The Kier molecular flexibility index (Phi) is 8.98. The average Bonchev–Trinajstić information content (AvgIpc) is 2.69. The van der Waals surface area contributed by atoms with Crippen LogP contribution in [0.15, 0.2) is 30.3 Å². The number of carbonyl (C=O) groups excluding carboxylic acids is 2. The van der Waals surface area contributed by atoms with Crippen LogP contribution >= 0.6 is 0 Å². The quantitative estimate of drug-likeness (QED) is 0.421. The Bertz CT molecular complexity index is 799. The fourth-order valence-corrected chi connectivity index (χ4v) is 4.11. The molecule has 0 aromatic heterocycles. The molecule has 1 rings (SSSR count). The highest BCUT2D eigenvalue weighted by Crippen LogP contribution is 2.59. The van der Waals surface area contributed by atoms with Crippen LogP contribution in [0.3, 0.4) is 0 Å². The molecule has 0 fully saturated rings. The first-order valence-corrected chi connectivity index (χ1v) is 11.9. The van der Waals surface area contributed by atoms with Crippen LogP contribution in [-0.2, 0) is 25.7 Å². The molecule has 0 aliphatic carbocycles. The van der Waals surface area contributed by atoms with E-state index < -0.39 is 33.2 Å². The maximum absolute atomic E-state index is 13.3. The molecular weight excluding hydrogens is 416 g/mol. The fraction of sp³-hybridized carbons (Fsp3) is 0.714. The molecule has 2 atom stereocenters. The van der Waals surface area contributed by atoms with E-state index in [0.29, 0.717) is 6.42 Å². The van der Waals surface area contributed by atoms with E-state index >= 15 is 0 Å². The lowest BCUT2D eigenvalue weighted by molar-refractivity contribution is -0.178. The summed E-state index contributed by atoms with van der Waals surface area (Å²) in [6.45, 7) is 22.0. The zero-order chi connectivity index (χ0) is 25.9. The summed E-state index contributed by atoms with van der Waals surface area (Å²) >= 11 is 0. The van der Waals surface area contributed by atoms with Crippen LogP contribution in [0.4, 0.5) is 0 Å². The number of aliphatic hydroxyl groups is 1. The summed E-state index contributed by atoms with van der Waals surface area (Å²) in [5, 5.41) is 9.60. The Morgan fingerprint density at radius 1 is 0.848 bits per heavy atom. The molecule has 0 radical (unpaired) electrons. The summed E-state index contributed by atoms with van der Waals surface area (Å²) in [5.74, 6) is -0.595. The van der Waals surface area contributed by atoms with Gasteiger partial charge in [0, 0.05) is 0 Å². The molecule has 2 unspecified atom stereocenters. The summed E-state index contributed by atoms with van der Waals surface area (Å²) < 4.78 is 11.2. The van der Waals surface area contributed by atoms with Crippen molar-refractivity contribution in [2.24, 2.45) is 27.1 Å². The highest BCUT2D eigenvalue weighted by atomic mass is 16.5. The van der Waals surface area contributed by atoms with Gasteiger partial charge in [0.2, 0.25) is 0 Å². The first kappa shape index (κ1) is 29.2. The number of aliphatic hydroxyl groups excluding tert-OH is 1. The van der Waals surface area contributed by atoms with Crippen molar-refractivity contribution in [1.29, 1.82) is 0 Å². The minimum absolute atomic E-state index is 0.0361. The molecule has 0 saturated heterocycles. The van der Waals surface area contributed by atoms with Gasteiger partial charge in [0.05, 0.1) is 16.9 Å². The maximum Gasteiger partial charge on any atom is 0.312 e. The molecule has 0 aliphatic rings. The number of esters is 2. The van der Waals surface area contributed by atoms with Gasteiger partial charge in [-0.15, -0.1) is 0 Å². The molecule has 0 saturated carbocycles. The number of benzene rings is 1. The molecule has 5 nitrogen and oxygen atoms in total. The lowest BCUT2D eigenvalue weighted by Crippen LogP contribution is -2.54. The number of ether oxygens (including phenoxy) is 2. The van der Waals surface area contributed by atoms with Crippen molar-refractivity contribution < 1.29 is 24.2 Å². The normalized spacial score (nSPS) is 16.0. The average molecular weight is 463 g/mol. The first-order valence-electron chi connectivity index (χ1n) is 11.9. The topological polar surface area (TPSA) is 72.8 Å². The van der Waals surface area contributed by atoms with Crippen molar-refractivity contribution in [1.82, 2.24) is 0 Å². The molecule has 1 N–H and O–H groups in total. The second kappa shape index (κ2) is 10.2. The molecule has 33 heavy (non-hydrogen) atoms. The smallest absolute Gasteiger partial charge is 0.312 e. The lowest BCUT2D eigenvalue weighted by Gasteiger charge is -2.54.